The van der Waals surface area contributed by atoms with Crippen molar-refractivity contribution in [3.8, 4) is 11.3 Å². The number of hydrogen-bond acceptors (Lipinski definition) is 4. The smallest absolute Gasteiger partial charge is 0.226 e. The highest BCUT2D eigenvalue weighted by atomic mass is 32.1. The van der Waals surface area contributed by atoms with Gasteiger partial charge in [0.05, 0.1) is 5.69 Å². The summed E-state index contributed by atoms with van der Waals surface area (Å²) < 4.78 is 0. The third-order valence-corrected chi connectivity index (χ3v) is 5.77. The molecule has 3 aromatic rings. The van der Waals surface area contributed by atoms with Crippen LogP contribution in [0.25, 0.3) is 11.3 Å². The van der Waals surface area contributed by atoms with Gasteiger partial charge in [-0.1, -0.05) is 61.4 Å². The fraction of sp³-hybridized carbons (Fsp3) is 0.292. The van der Waals surface area contributed by atoms with Crippen molar-refractivity contribution in [1.29, 1.82) is 0 Å². The van der Waals surface area contributed by atoms with E-state index in [9.17, 15) is 9.59 Å². The molecule has 0 bridgehead atoms. The number of nitrogens with zero attached hydrogens (tertiary/aromatic N) is 1. The van der Waals surface area contributed by atoms with Crippen LogP contribution in [0.2, 0.25) is 0 Å². The first kappa shape index (κ1) is 20.9. The molecule has 5 heteroatoms. The van der Waals surface area contributed by atoms with Crippen LogP contribution in [0, 0.1) is 13.8 Å². The van der Waals surface area contributed by atoms with Crippen molar-refractivity contribution in [3.63, 3.8) is 0 Å². The van der Waals surface area contributed by atoms with Gasteiger partial charge in [0.15, 0.2) is 10.9 Å². The van der Waals surface area contributed by atoms with Gasteiger partial charge in [0, 0.05) is 28.8 Å². The van der Waals surface area contributed by atoms with Crippen LogP contribution in [0.5, 0.6) is 0 Å². The second-order valence-electron chi connectivity index (χ2n) is 7.20. The lowest BCUT2D eigenvalue weighted by atomic mass is 9.99. The molecule has 0 unspecified atom stereocenters. The Bertz CT molecular complexity index is 1010. The summed E-state index contributed by atoms with van der Waals surface area (Å²) in [6.07, 6.45) is 2.27. The lowest BCUT2D eigenvalue weighted by Crippen LogP contribution is -2.13. The molecule has 1 amide bonds. The molecule has 0 fully saturated rings. The number of amides is 1. The molecule has 0 spiro atoms. The zero-order valence-electron chi connectivity index (χ0n) is 17.1. The van der Waals surface area contributed by atoms with Gasteiger partial charge in [0.25, 0.3) is 0 Å². The summed E-state index contributed by atoms with van der Waals surface area (Å²) in [5.41, 5.74) is 4.67. The molecule has 0 aliphatic heterocycles. The molecule has 150 valence electrons. The molecule has 1 heterocycles. The van der Waals surface area contributed by atoms with Crippen molar-refractivity contribution in [2.75, 3.05) is 5.32 Å². The number of Topliss-reactive ketones (excluding diaryl/α,β-unsaturated/α-hetero) is 1. The third-order valence-electron chi connectivity index (χ3n) is 4.74. The van der Waals surface area contributed by atoms with Crippen molar-refractivity contribution in [2.24, 2.45) is 0 Å². The van der Waals surface area contributed by atoms with E-state index in [-0.39, 0.29) is 24.5 Å². The van der Waals surface area contributed by atoms with Gasteiger partial charge in [-0.15, -0.1) is 11.3 Å². The summed E-state index contributed by atoms with van der Waals surface area (Å²) in [4.78, 5) is 30.7. The third kappa shape index (κ3) is 5.39. The zero-order chi connectivity index (χ0) is 20.8. The molecule has 1 aromatic heterocycles. The number of nitrogens with one attached hydrogen (secondary N) is 1. The van der Waals surface area contributed by atoms with Crippen LogP contribution in [0.15, 0.2) is 48.5 Å². The zero-order valence-corrected chi connectivity index (χ0v) is 17.9. The number of carbonyl (C=O) groups is 2. The van der Waals surface area contributed by atoms with Gasteiger partial charge in [0.2, 0.25) is 5.91 Å². The van der Waals surface area contributed by atoms with E-state index >= 15 is 0 Å². The topological polar surface area (TPSA) is 59.1 Å². The minimum atomic E-state index is -0.180. The number of ketones is 1. The second kappa shape index (κ2) is 9.61. The molecule has 1 N–H and O–H groups in total. The molecule has 0 atom stereocenters. The number of benzene rings is 2. The summed E-state index contributed by atoms with van der Waals surface area (Å²) in [5, 5.41) is 3.47. The maximum Gasteiger partial charge on any atom is 0.226 e. The Kier molecular flexibility index (Phi) is 6.94. The van der Waals surface area contributed by atoms with E-state index in [1.807, 2.05) is 62.4 Å². The van der Waals surface area contributed by atoms with Gasteiger partial charge in [-0.25, -0.2) is 4.98 Å². The maximum absolute atomic E-state index is 12.5. The summed E-state index contributed by atoms with van der Waals surface area (Å²) in [6.45, 7) is 6.01. The van der Waals surface area contributed by atoms with Crippen LogP contribution in [-0.2, 0) is 11.2 Å². The van der Waals surface area contributed by atoms with Crippen molar-refractivity contribution in [3.05, 3.63) is 70.1 Å². The number of thiazole rings is 1. The summed E-state index contributed by atoms with van der Waals surface area (Å²) in [5.74, 6) is -0.183. The molecule has 0 aliphatic rings. The first-order valence-electron chi connectivity index (χ1n) is 9.93. The second-order valence-corrected chi connectivity index (χ2v) is 8.28. The number of aryl methyl sites for hydroxylation is 3. The Hall–Kier alpha value is -2.79. The lowest BCUT2D eigenvalue weighted by Gasteiger charge is -2.06. The maximum atomic E-state index is 12.5. The average molecular weight is 407 g/mol. The summed E-state index contributed by atoms with van der Waals surface area (Å²) in [6, 6.07) is 15.8. The molecular weight excluding hydrogens is 380 g/mol. The molecule has 0 aliphatic carbocycles. The highest BCUT2D eigenvalue weighted by molar-refractivity contribution is 7.16. The first-order valence-corrected chi connectivity index (χ1v) is 10.7. The van der Waals surface area contributed by atoms with Crippen molar-refractivity contribution < 1.29 is 9.59 Å². The quantitative estimate of drug-likeness (QED) is 0.468. The lowest BCUT2D eigenvalue weighted by molar-refractivity contribution is -0.116. The molecule has 2 aromatic carbocycles. The molecule has 0 saturated carbocycles. The SMILES string of the molecule is CCCc1sc(NC(=O)CCC(=O)c2cc(C)ccc2C)nc1-c1ccccc1. The van der Waals surface area contributed by atoms with E-state index < -0.39 is 0 Å². The predicted octanol–water partition coefficient (Wildman–Crippen LogP) is 5.98. The van der Waals surface area contributed by atoms with E-state index in [1.165, 1.54) is 16.2 Å². The molecule has 0 saturated heterocycles. The van der Waals surface area contributed by atoms with Crippen molar-refractivity contribution in [2.45, 2.75) is 46.5 Å². The van der Waals surface area contributed by atoms with Gasteiger partial charge in [0.1, 0.15) is 0 Å². The monoisotopic (exact) mass is 406 g/mol. The number of rotatable bonds is 8. The van der Waals surface area contributed by atoms with Gasteiger partial charge in [-0.2, -0.15) is 0 Å². The van der Waals surface area contributed by atoms with E-state index in [0.29, 0.717) is 10.7 Å². The van der Waals surface area contributed by atoms with Gasteiger partial charge in [-0.05, 0) is 31.9 Å². The molecule has 3 rings (SSSR count). The Balaban J connectivity index is 1.66. The molecule has 4 nitrogen and oxygen atoms in total. The van der Waals surface area contributed by atoms with Gasteiger partial charge in [-0.3, -0.25) is 9.59 Å². The largest absolute Gasteiger partial charge is 0.302 e. The van der Waals surface area contributed by atoms with Crippen LogP contribution in [0.1, 0.15) is 52.5 Å². The highest BCUT2D eigenvalue weighted by Crippen LogP contribution is 2.32. The van der Waals surface area contributed by atoms with Crippen LogP contribution in [0.4, 0.5) is 5.13 Å². The first-order chi connectivity index (χ1) is 14.0. The Morgan fingerprint density at radius 1 is 1.03 bits per heavy atom. The van der Waals surface area contributed by atoms with Crippen molar-refractivity contribution in [1.82, 2.24) is 4.98 Å². The number of hydrogen-bond donors (Lipinski definition) is 1. The van der Waals surface area contributed by atoms with Crippen LogP contribution >= 0.6 is 11.3 Å². The van der Waals surface area contributed by atoms with E-state index in [1.54, 1.807) is 0 Å². The van der Waals surface area contributed by atoms with Crippen molar-refractivity contribution >= 4 is 28.2 Å². The van der Waals surface area contributed by atoms with Crippen LogP contribution in [0.3, 0.4) is 0 Å². The Labute approximate surface area is 176 Å². The summed E-state index contributed by atoms with van der Waals surface area (Å²) >= 11 is 1.51. The van der Waals surface area contributed by atoms with E-state index in [4.69, 9.17) is 0 Å². The Morgan fingerprint density at radius 3 is 2.52 bits per heavy atom. The predicted molar refractivity (Wildman–Crippen MR) is 120 cm³/mol. The fourth-order valence-electron chi connectivity index (χ4n) is 3.20. The van der Waals surface area contributed by atoms with Crippen LogP contribution in [-0.4, -0.2) is 16.7 Å². The molecule has 29 heavy (non-hydrogen) atoms. The fourth-order valence-corrected chi connectivity index (χ4v) is 4.30. The van der Waals surface area contributed by atoms with Crippen LogP contribution < -0.4 is 5.32 Å². The van der Waals surface area contributed by atoms with E-state index in [0.717, 1.165) is 35.2 Å². The molecule has 0 radical (unpaired) electrons. The van der Waals surface area contributed by atoms with Gasteiger partial charge < -0.3 is 5.32 Å². The minimum Gasteiger partial charge on any atom is -0.302 e. The highest BCUT2D eigenvalue weighted by Gasteiger charge is 2.16. The van der Waals surface area contributed by atoms with Gasteiger partial charge >= 0.3 is 0 Å². The normalized spacial score (nSPS) is 10.7. The standard InChI is InChI=1S/C24H26N2O2S/c1-4-8-21-23(18-9-6-5-7-10-18)26-24(29-21)25-22(28)14-13-20(27)19-15-16(2)11-12-17(19)3/h5-7,9-12,15H,4,8,13-14H2,1-3H3,(H,25,26,28). The number of aromatic nitrogens is 1. The minimum absolute atomic E-state index is 0.00265. The average Bonchev–Trinajstić information content (AvgIpc) is 3.11. The van der Waals surface area contributed by atoms with E-state index in [2.05, 4.69) is 17.2 Å². The Morgan fingerprint density at radius 2 is 1.79 bits per heavy atom. The molecular formula is C24H26N2O2S. The summed E-state index contributed by atoms with van der Waals surface area (Å²) in [7, 11) is 0. The number of carbonyl (C=O) groups excluding carboxylic acids is 2. The number of anilines is 1.